The highest BCUT2D eigenvalue weighted by Gasteiger charge is 2.28. The van der Waals surface area contributed by atoms with Crippen LogP contribution in [0.15, 0.2) is 24.3 Å². The monoisotopic (exact) mass is 249 g/mol. The lowest BCUT2D eigenvalue weighted by Gasteiger charge is -2.22. The highest BCUT2D eigenvalue weighted by atomic mass is 32.2. The van der Waals surface area contributed by atoms with Gasteiger partial charge in [0.05, 0.1) is 0 Å². The van der Waals surface area contributed by atoms with E-state index in [9.17, 15) is 4.79 Å². The van der Waals surface area contributed by atoms with Crippen molar-refractivity contribution in [2.45, 2.75) is 32.1 Å². The first kappa shape index (κ1) is 12.5. The lowest BCUT2D eigenvalue weighted by atomic mass is 10.0. The number of nitrogens with zero attached hydrogens (tertiary/aromatic N) is 1. The van der Waals surface area contributed by atoms with Gasteiger partial charge in [-0.15, -0.1) is 11.8 Å². The van der Waals surface area contributed by atoms with Crippen LogP contribution >= 0.6 is 11.8 Å². The van der Waals surface area contributed by atoms with E-state index in [1.165, 1.54) is 11.1 Å². The molecule has 1 amide bonds. The maximum absolute atomic E-state index is 11.5. The van der Waals surface area contributed by atoms with Gasteiger partial charge in [-0.25, -0.2) is 0 Å². The minimum absolute atomic E-state index is 0.174. The molecule has 1 aliphatic heterocycles. The second-order valence-electron chi connectivity index (χ2n) is 4.76. The number of hydrogen-bond donors (Lipinski definition) is 0. The number of hydrogen-bond acceptors (Lipinski definition) is 2. The Labute approximate surface area is 107 Å². The second-order valence-corrected chi connectivity index (χ2v) is 5.95. The van der Waals surface area contributed by atoms with Crippen molar-refractivity contribution in [3.63, 3.8) is 0 Å². The van der Waals surface area contributed by atoms with E-state index in [1.807, 2.05) is 16.7 Å². The molecular formula is C14H19NOS. The number of amides is 1. The third-order valence-corrected chi connectivity index (χ3v) is 4.44. The fourth-order valence-electron chi connectivity index (χ4n) is 2.11. The summed E-state index contributed by atoms with van der Waals surface area (Å²) >= 11 is 1.85. The second kappa shape index (κ2) is 5.13. The Morgan fingerprint density at radius 2 is 2.00 bits per heavy atom. The molecule has 1 saturated heterocycles. The molecule has 1 atom stereocenters. The maximum Gasteiger partial charge on any atom is 0.220 e. The molecule has 0 radical (unpaired) electrons. The van der Waals surface area contributed by atoms with Crippen LogP contribution in [0.25, 0.3) is 0 Å². The van der Waals surface area contributed by atoms with Gasteiger partial charge in [0.1, 0.15) is 5.37 Å². The van der Waals surface area contributed by atoms with Crippen molar-refractivity contribution in [3.8, 4) is 0 Å². The van der Waals surface area contributed by atoms with Gasteiger partial charge >= 0.3 is 0 Å². The van der Waals surface area contributed by atoms with E-state index in [0.29, 0.717) is 5.92 Å². The van der Waals surface area contributed by atoms with Gasteiger partial charge < -0.3 is 4.90 Å². The highest BCUT2D eigenvalue weighted by molar-refractivity contribution is 7.99. The summed E-state index contributed by atoms with van der Waals surface area (Å²) in [6, 6.07) is 8.68. The number of carbonyl (C=O) groups excluding carboxylic acids is 1. The van der Waals surface area contributed by atoms with E-state index in [-0.39, 0.29) is 11.3 Å². The quantitative estimate of drug-likeness (QED) is 0.800. The summed E-state index contributed by atoms with van der Waals surface area (Å²) in [6.07, 6.45) is 0. The number of thioether (sulfide) groups is 1. The van der Waals surface area contributed by atoms with Gasteiger partial charge in [0, 0.05) is 19.2 Å². The van der Waals surface area contributed by atoms with Crippen molar-refractivity contribution in [1.29, 1.82) is 0 Å². The number of carbonyl (C=O) groups is 1. The third-order valence-electron chi connectivity index (χ3n) is 3.18. The minimum Gasteiger partial charge on any atom is -0.326 e. The molecule has 0 unspecified atom stereocenters. The zero-order chi connectivity index (χ0) is 12.4. The fraction of sp³-hybridized carbons (Fsp3) is 0.500. The van der Waals surface area contributed by atoms with E-state index < -0.39 is 0 Å². The molecular weight excluding hydrogens is 230 g/mol. The minimum atomic E-state index is 0.174. The molecule has 17 heavy (non-hydrogen) atoms. The summed E-state index contributed by atoms with van der Waals surface area (Å²) in [5.74, 6) is 1.77. The largest absolute Gasteiger partial charge is 0.326 e. The summed E-state index contributed by atoms with van der Waals surface area (Å²) in [5.41, 5.74) is 2.60. The Morgan fingerprint density at radius 3 is 2.53 bits per heavy atom. The lowest BCUT2D eigenvalue weighted by molar-refractivity contribution is -0.128. The van der Waals surface area contributed by atoms with Crippen molar-refractivity contribution in [3.05, 3.63) is 35.4 Å². The smallest absolute Gasteiger partial charge is 0.220 e. The standard InChI is InChI=1S/C14H19NOS/c1-10(2)12-4-6-13(7-5-12)14-15(11(3)16)8-9-17-14/h4-7,10,14H,8-9H2,1-3H3/t14-/m0/s1. The predicted octanol–water partition coefficient (Wildman–Crippen LogP) is 3.40. The van der Waals surface area contributed by atoms with Gasteiger partial charge in [-0.1, -0.05) is 38.1 Å². The van der Waals surface area contributed by atoms with E-state index in [4.69, 9.17) is 0 Å². The summed E-state index contributed by atoms with van der Waals surface area (Å²) in [7, 11) is 0. The van der Waals surface area contributed by atoms with Crippen molar-refractivity contribution in [2.75, 3.05) is 12.3 Å². The highest BCUT2D eigenvalue weighted by Crippen LogP contribution is 2.38. The Bertz CT molecular complexity index is 399. The van der Waals surface area contributed by atoms with Crippen LogP contribution in [0, 0.1) is 0 Å². The Kier molecular flexibility index (Phi) is 3.77. The topological polar surface area (TPSA) is 20.3 Å². The molecule has 1 aromatic rings. The summed E-state index contributed by atoms with van der Waals surface area (Å²) in [4.78, 5) is 13.5. The first-order chi connectivity index (χ1) is 8.09. The third kappa shape index (κ3) is 2.65. The summed E-state index contributed by atoms with van der Waals surface area (Å²) in [6.45, 7) is 6.92. The van der Waals surface area contributed by atoms with Gasteiger partial charge in [0.15, 0.2) is 0 Å². The van der Waals surface area contributed by atoms with Crippen LogP contribution in [0.5, 0.6) is 0 Å². The molecule has 1 fully saturated rings. The fourth-order valence-corrected chi connectivity index (χ4v) is 3.42. The molecule has 3 heteroatoms. The molecule has 1 aromatic carbocycles. The van der Waals surface area contributed by atoms with E-state index >= 15 is 0 Å². The molecule has 2 nitrogen and oxygen atoms in total. The molecule has 92 valence electrons. The van der Waals surface area contributed by atoms with Crippen molar-refractivity contribution < 1.29 is 4.79 Å². The van der Waals surface area contributed by atoms with Crippen LogP contribution in [-0.4, -0.2) is 23.1 Å². The molecule has 0 bridgehead atoms. The van der Waals surface area contributed by atoms with Gasteiger partial charge in [-0.05, 0) is 17.0 Å². The van der Waals surface area contributed by atoms with Gasteiger partial charge in [-0.3, -0.25) is 4.79 Å². The van der Waals surface area contributed by atoms with Crippen LogP contribution < -0.4 is 0 Å². The van der Waals surface area contributed by atoms with Crippen molar-refractivity contribution in [2.24, 2.45) is 0 Å². The number of rotatable bonds is 2. The van der Waals surface area contributed by atoms with Crippen LogP contribution in [0.1, 0.15) is 43.2 Å². The molecule has 0 N–H and O–H groups in total. The molecule has 1 heterocycles. The predicted molar refractivity (Wildman–Crippen MR) is 73.1 cm³/mol. The van der Waals surface area contributed by atoms with Crippen molar-refractivity contribution >= 4 is 17.7 Å². The van der Waals surface area contributed by atoms with Crippen LogP contribution in [0.2, 0.25) is 0 Å². The lowest BCUT2D eigenvalue weighted by Crippen LogP contribution is -2.27. The van der Waals surface area contributed by atoms with E-state index in [2.05, 4.69) is 38.1 Å². The number of benzene rings is 1. The maximum atomic E-state index is 11.5. The van der Waals surface area contributed by atoms with Gasteiger partial charge in [0.2, 0.25) is 5.91 Å². The first-order valence-electron chi connectivity index (χ1n) is 6.08. The summed E-state index contributed by atoms with van der Waals surface area (Å²) < 4.78 is 0. The molecule has 0 saturated carbocycles. The molecule has 0 aromatic heterocycles. The van der Waals surface area contributed by atoms with Crippen LogP contribution in [-0.2, 0) is 4.79 Å². The molecule has 0 aliphatic carbocycles. The molecule has 0 spiro atoms. The SMILES string of the molecule is CC(=O)N1CCS[C@H]1c1ccc(C(C)C)cc1. The normalized spacial score (nSPS) is 20.0. The van der Waals surface area contributed by atoms with Crippen LogP contribution in [0.4, 0.5) is 0 Å². The Morgan fingerprint density at radius 1 is 1.35 bits per heavy atom. The Hall–Kier alpha value is -0.960. The summed E-state index contributed by atoms with van der Waals surface area (Å²) in [5, 5.41) is 0.216. The van der Waals surface area contributed by atoms with Gasteiger partial charge in [-0.2, -0.15) is 0 Å². The molecule has 2 rings (SSSR count). The average molecular weight is 249 g/mol. The first-order valence-corrected chi connectivity index (χ1v) is 7.13. The molecule has 1 aliphatic rings. The van der Waals surface area contributed by atoms with E-state index in [1.54, 1.807) is 6.92 Å². The zero-order valence-corrected chi connectivity index (χ0v) is 11.5. The van der Waals surface area contributed by atoms with Crippen LogP contribution in [0.3, 0.4) is 0 Å². The van der Waals surface area contributed by atoms with Gasteiger partial charge in [0.25, 0.3) is 0 Å². The average Bonchev–Trinajstić information content (AvgIpc) is 2.78. The van der Waals surface area contributed by atoms with Crippen molar-refractivity contribution in [1.82, 2.24) is 4.90 Å². The van der Waals surface area contributed by atoms with E-state index in [0.717, 1.165) is 12.3 Å². The zero-order valence-electron chi connectivity index (χ0n) is 10.6. The Balaban J connectivity index is 2.19.